The zero-order valence-electron chi connectivity index (χ0n) is 10.8. The lowest BCUT2D eigenvalue weighted by atomic mass is 10.2. The predicted octanol–water partition coefficient (Wildman–Crippen LogP) is 3.73. The molecule has 0 saturated heterocycles. The van der Waals surface area contributed by atoms with Crippen LogP contribution in [0.4, 0.5) is 5.82 Å². The molecule has 0 fully saturated rings. The highest BCUT2D eigenvalue weighted by Gasteiger charge is 2.22. The fraction of sp³-hybridized carbons (Fsp3) is 0.250. The first-order chi connectivity index (χ1) is 9.79. The van der Waals surface area contributed by atoms with Gasteiger partial charge in [0.25, 0.3) is 0 Å². The van der Waals surface area contributed by atoms with E-state index in [-0.39, 0.29) is 12.4 Å². The zero-order valence-corrected chi connectivity index (χ0v) is 13.1. The number of hydrogen-bond acceptors (Lipinski definition) is 4. The summed E-state index contributed by atoms with van der Waals surface area (Å²) in [4.78, 5) is 14.1. The third-order valence-electron chi connectivity index (χ3n) is 2.80. The van der Waals surface area contributed by atoms with Crippen LogP contribution in [-0.4, -0.2) is 14.5 Å². The standard InChI is InChI=1S/C12H10Cl3N3O3/c1-17-10(16-6-11(17)18(19)20)7-21-9-4-2-8(3-5-9)12(13,14)15/h2-6H,7H2,1H3. The van der Waals surface area contributed by atoms with Crippen molar-refractivity contribution in [1.29, 1.82) is 0 Å². The number of nitro groups is 1. The number of alkyl halides is 3. The van der Waals surface area contributed by atoms with Crippen LogP contribution < -0.4 is 4.74 Å². The van der Waals surface area contributed by atoms with E-state index in [1.165, 1.54) is 10.8 Å². The molecular weight excluding hydrogens is 341 g/mol. The number of benzene rings is 1. The second-order valence-corrected chi connectivity index (χ2v) is 6.44. The van der Waals surface area contributed by atoms with Gasteiger partial charge in [0, 0.05) is 5.56 Å². The van der Waals surface area contributed by atoms with Gasteiger partial charge in [-0.15, -0.1) is 0 Å². The summed E-state index contributed by atoms with van der Waals surface area (Å²) in [5, 5.41) is 10.7. The van der Waals surface area contributed by atoms with Crippen LogP contribution in [0, 0.1) is 10.1 Å². The van der Waals surface area contributed by atoms with Crippen molar-refractivity contribution in [3.8, 4) is 5.75 Å². The smallest absolute Gasteiger partial charge is 0.342 e. The fourth-order valence-corrected chi connectivity index (χ4v) is 2.01. The minimum atomic E-state index is -1.49. The Hall–Kier alpha value is -1.50. The van der Waals surface area contributed by atoms with Gasteiger partial charge in [-0.05, 0) is 17.1 Å². The molecule has 6 nitrogen and oxygen atoms in total. The van der Waals surface area contributed by atoms with E-state index in [1.807, 2.05) is 0 Å². The highest BCUT2D eigenvalue weighted by Crippen LogP contribution is 2.38. The molecule has 0 aliphatic heterocycles. The number of aromatic nitrogens is 2. The van der Waals surface area contributed by atoms with Gasteiger partial charge in [0.1, 0.15) is 11.9 Å². The second kappa shape index (κ2) is 6.09. The minimum Gasteiger partial charge on any atom is -0.483 e. The summed E-state index contributed by atoms with van der Waals surface area (Å²) >= 11 is 17.2. The topological polar surface area (TPSA) is 70.2 Å². The maximum absolute atomic E-state index is 10.7. The lowest BCUT2D eigenvalue weighted by molar-refractivity contribution is -0.391. The average molecular weight is 351 g/mol. The molecule has 1 aromatic carbocycles. The van der Waals surface area contributed by atoms with Gasteiger partial charge in [-0.3, -0.25) is 0 Å². The van der Waals surface area contributed by atoms with Crippen molar-refractivity contribution in [3.05, 3.63) is 52.0 Å². The van der Waals surface area contributed by atoms with Crippen molar-refractivity contribution in [2.75, 3.05) is 0 Å². The van der Waals surface area contributed by atoms with Gasteiger partial charge >= 0.3 is 5.82 Å². The number of imidazole rings is 1. The second-order valence-electron chi connectivity index (χ2n) is 4.16. The van der Waals surface area contributed by atoms with Gasteiger partial charge in [-0.2, -0.15) is 0 Å². The molecule has 0 spiro atoms. The molecular formula is C12H10Cl3N3O3. The third kappa shape index (κ3) is 3.78. The monoisotopic (exact) mass is 349 g/mol. The lowest BCUT2D eigenvalue weighted by Crippen LogP contribution is -2.06. The Labute approximate surface area is 135 Å². The Kier molecular flexibility index (Phi) is 4.61. The van der Waals surface area contributed by atoms with E-state index in [2.05, 4.69) is 4.98 Å². The van der Waals surface area contributed by atoms with E-state index in [4.69, 9.17) is 39.5 Å². The van der Waals surface area contributed by atoms with E-state index < -0.39 is 8.72 Å². The highest BCUT2D eigenvalue weighted by atomic mass is 35.6. The molecule has 0 N–H and O–H groups in total. The minimum absolute atomic E-state index is 0.0947. The Morgan fingerprint density at radius 3 is 2.43 bits per heavy atom. The number of rotatable bonds is 4. The van der Waals surface area contributed by atoms with Crippen LogP contribution in [0.1, 0.15) is 11.4 Å². The Morgan fingerprint density at radius 2 is 1.95 bits per heavy atom. The van der Waals surface area contributed by atoms with Crippen LogP contribution >= 0.6 is 34.8 Å². The first-order valence-corrected chi connectivity index (χ1v) is 6.87. The van der Waals surface area contributed by atoms with Gasteiger partial charge in [0.05, 0.1) is 7.05 Å². The highest BCUT2D eigenvalue weighted by molar-refractivity contribution is 6.66. The number of nitrogens with zero attached hydrogens (tertiary/aromatic N) is 3. The van der Waals surface area contributed by atoms with E-state index in [0.29, 0.717) is 17.1 Å². The summed E-state index contributed by atoms with van der Waals surface area (Å²) in [5.41, 5.74) is 0.521. The molecule has 0 amide bonds. The summed E-state index contributed by atoms with van der Waals surface area (Å²) in [5.74, 6) is 0.881. The lowest BCUT2D eigenvalue weighted by Gasteiger charge is -2.11. The van der Waals surface area contributed by atoms with Crippen molar-refractivity contribution in [1.82, 2.24) is 9.55 Å². The number of halogens is 3. The first kappa shape index (κ1) is 15.9. The third-order valence-corrected chi connectivity index (χ3v) is 3.45. The van der Waals surface area contributed by atoms with Crippen LogP contribution in [0.15, 0.2) is 30.5 Å². The van der Waals surface area contributed by atoms with Gasteiger partial charge in [0.2, 0.25) is 9.62 Å². The first-order valence-electron chi connectivity index (χ1n) is 5.74. The molecule has 1 heterocycles. The molecule has 2 aromatic rings. The SMILES string of the molecule is Cn1c([N+](=O)[O-])cnc1COc1ccc(C(Cl)(Cl)Cl)cc1. The van der Waals surface area contributed by atoms with Crippen LogP contribution in [0.25, 0.3) is 0 Å². The Bertz CT molecular complexity index is 650. The summed E-state index contributed by atoms with van der Waals surface area (Å²) in [6.07, 6.45) is 1.19. The van der Waals surface area contributed by atoms with Crippen LogP contribution in [0.2, 0.25) is 0 Å². The molecule has 1 aromatic heterocycles. The van der Waals surface area contributed by atoms with Crippen molar-refractivity contribution < 1.29 is 9.66 Å². The van der Waals surface area contributed by atoms with E-state index >= 15 is 0 Å². The number of ether oxygens (including phenoxy) is 1. The summed E-state index contributed by atoms with van der Waals surface area (Å²) in [6, 6.07) is 6.55. The summed E-state index contributed by atoms with van der Waals surface area (Å²) in [6.45, 7) is 0.0947. The van der Waals surface area contributed by atoms with E-state index in [9.17, 15) is 10.1 Å². The molecule has 0 radical (unpaired) electrons. The molecule has 21 heavy (non-hydrogen) atoms. The van der Waals surface area contributed by atoms with Crippen molar-refractivity contribution in [3.63, 3.8) is 0 Å². The molecule has 0 aliphatic rings. The van der Waals surface area contributed by atoms with E-state index in [0.717, 1.165) is 0 Å². The molecule has 112 valence electrons. The van der Waals surface area contributed by atoms with Crippen molar-refractivity contribution in [2.45, 2.75) is 10.4 Å². The summed E-state index contributed by atoms with van der Waals surface area (Å²) < 4.78 is 5.37. The molecule has 9 heteroatoms. The van der Waals surface area contributed by atoms with Crippen molar-refractivity contribution in [2.24, 2.45) is 7.05 Å². The van der Waals surface area contributed by atoms with E-state index in [1.54, 1.807) is 31.3 Å². The molecule has 0 aliphatic carbocycles. The molecule has 0 unspecified atom stereocenters. The van der Waals surface area contributed by atoms with Crippen LogP contribution in [-0.2, 0) is 17.4 Å². The molecule has 2 rings (SSSR count). The Balaban J connectivity index is 2.05. The predicted molar refractivity (Wildman–Crippen MR) is 79.9 cm³/mol. The van der Waals surface area contributed by atoms with Gasteiger partial charge in [-0.1, -0.05) is 46.9 Å². The van der Waals surface area contributed by atoms with Gasteiger partial charge in [-0.25, -0.2) is 9.55 Å². The van der Waals surface area contributed by atoms with Gasteiger partial charge < -0.3 is 14.9 Å². The quantitative estimate of drug-likeness (QED) is 0.478. The summed E-state index contributed by atoms with van der Waals surface area (Å²) in [7, 11) is 1.55. The fourth-order valence-electron chi connectivity index (χ4n) is 1.63. The van der Waals surface area contributed by atoms with Gasteiger partial charge in [0.15, 0.2) is 6.61 Å². The average Bonchev–Trinajstić information content (AvgIpc) is 2.77. The Morgan fingerprint density at radius 1 is 1.33 bits per heavy atom. The number of hydrogen-bond donors (Lipinski definition) is 0. The zero-order chi connectivity index (χ0) is 15.6. The molecule has 0 saturated carbocycles. The maximum atomic E-state index is 10.7. The maximum Gasteiger partial charge on any atom is 0.342 e. The molecule has 0 atom stereocenters. The van der Waals surface area contributed by atoms with Crippen molar-refractivity contribution >= 4 is 40.6 Å². The molecule has 0 bridgehead atoms. The van der Waals surface area contributed by atoms with Crippen LogP contribution in [0.5, 0.6) is 5.75 Å². The van der Waals surface area contributed by atoms with Crippen LogP contribution in [0.3, 0.4) is 0 Å². The largest absolute Gasteiger partial charge is 0.483 e. The normalized spacial score (nSPS) is 11.4.